The number of sulfonamides is 1. The average Bonchev–Trinajstić information content (AvgIpc) is 2.91. The third-order valence-electron chi connectivity index (χ3n) is 4.25. The summed E-state index contributed by atoms with van der Waals surface area (Å²) in [6.07, 6.45) is 3.63. The molecule has 0 aromatic carbocycles. The molecule has 0 N–H and O–H groups in total. The van der Waals surface area contributed by atoms with Crippen molar-refractivity contribution in [1.29, 1.82) is 0 Å². The molecule has 2 rings (SSSR count). The Hall–Kier alpha value is -0.620. The van der Waals surface area contributed by atoms with Gasteiger partial charge >= 0.3 is 0 Å². The average molecular weight is 302 g/mol. The van der Waals surface area contributed by atoms with E-state index in [0.29, 0.717) is 26.2 Å². The molecule has 1 aliphatic carbocycles. The molecule has 1 heterocycles. The Morgan fingerprint density at radius 2 is 1.50 bits per heavy atom. The van der Waals surface area contributed by atoms with Crippen LogP contribution in [0.5, 0.6) is 0 Å². The molecule has 1 aliphatic heterocycles. The number of amides is 1. The van der Waals surface area contributed by atoms with E-state index in [1.54, 1.807) is 9.21 Å². The zero-order chi connectivity index (χ0) is 15.0. The molecule has 20 heavy (non-hydrogen) atoms. The Morgan fingerprint density at radius 3 is 1.95 bits per heavy atom. The summed E-state index contributed by atoms with van der Waals surface area (Å²) in [6, 6.07) is 0. The van der Waals surface area contributed by atoms with Crippen LogP contribution in [0.1, 0.15) is 46.5 Å². The fourth-order valence-corrected chi connectivity index (χ4v) is 5.04. The van der Waals surface area contributed by atoms with Crippen LogP contribution in [0.3, 0.4) is 0 Å². The lowest BCUT2D eigenvalue weighted by molar-refractivity contribution is -0.140. The monoisotopic (exact) mass is 302 g/mol. The summed E-state index contributed by atoms with van der Waals surface area (Å²) in [6.45, 7) is 7.62. The molecule has 2 aliphatic rings. The van der Waals surface area contributed by atoms with Gasteiger partial charge in [-0.05, 0) is 12.8 Å². The highest BCUT2D eigenvalue weighted by atomic mass is 32.2. The second-order valence-corrected chi connectivity index (χ2v) is 9.11. The topological polar surface area (TPSA) is 57.7 Å². The number of piperazine rings is 1. The number of carbonyl (C=O) groups excluding carboxylic acids is 1. The van der Waals surface area contributed by atoms with Gasteiger partial charge in [-0.25, -0.2) is 8.42 Å². The number of hydrogen-bond donors (Lipinski definition) is 0. The summed E-state index contributed by atoms with van der Waals surface area (Å²) in [7, 11) is -3.15. The molecule has 1 saturated carbocycles. The van der Waals surface area contributed by atoms with Crippen LogP contribution in [-0.4, -0.2) is 55.0 Å². The van der Waals surface area contributed by atoms with Crippen molar-refractivity contribution in [3.8, 4) is 0 Å². The van der Waals surface area contributed by atoms with Crippen molar-refractivity contribution in [2.75, 3.05) is 26.2 Å². The largest absolute Gasteiger partial charge is 0.340 e. The number of hydrogen-bond acceptors (Lipinski definition) is 3. The van der Waals surface area contributed by atoms with E-state index in [2.05, 4.69) is 0 Å². The molecule has 0 unspecified atom stereocenters. The highest BCUT2D eigenvalue weighted by molar-refractivity contribution is 7.89. The maximum absolute atomic E-state index is 12.5. The first-order chi connectivity index (χ1) is 9.23. The van der Waals surface area contributed by atoms with Crippen LogP contribution < -0.4 is 0 Å². The van der Waals surface area contributed by atoms with Gasteiger partial charge < -0.3 is 4.90 Å². The Balaban J connectivity index is 1.96. The third-order valence-corrected chi connectivity index (χ3v) is 6.65. The first-order valence-electron chi connectivity index (χ1n) is 7.51. The van der Waals surface area contributed by atoms with Crippen LogP contribution in [0.2, 0.25) is 0 Å². The van der Waals surface area contributed by atoms with Gasteiger partial charge in [-0.3, -0.25) is 4.79 Å². The van der Waals surface area contributed by atoms with E-state index in [9.17, 15) is 13.2 Å². The standard InChI is InChI=1S/C14H26N2O3S/c1-14(2,3)13(17)15-8-10-16(11-9-15)20(18,19)12-6-4-5-7-12/h12H,4-11H2,1-3H3. The van der Waals surface area contributed by atoms with Crippen LogP contribution in [-0.2, 0) is 14.8 Å². The minimum Gasteiger partial charge on any atom is -0.340 e. The van der Waals surface area contributed by atoms with Crippen molar-refractivity contribution in [2.45, 2.75) is 51.7 Å². The smallest absolute Gasteiger partial charge is 0.228 e. The van der Waals surface area contributed by atoms with Gasteiger partial charge in [0.15, 0.2) is 0 Å². The lowest BCUT2D eigenvalue weighted by Crippen LogP contribution is -2.54. The summed E-state index contributed by atoms with van der Waals surface area (Å²) in [4.78, 5) is 14.0. The number of rotatable bonds is 2. The molecule has 0 bridgehead atoms. The summed E-state index contributed by atoms with van der Waals surface area (Å²) in [5.74, 6) is 0.107. The van der Waals surface area contributed by atoms with Gasteiger partial charge in [0.2, 0.25) is 15.9 Å². The van der Waals surface area contributed by atoms with Crippen LogP contribution in [0, 0.1) is 5.41 Å². The molecular weight excluding hydrogens is 276 g/mol. The molecule has 0 radical (unpaired) electrons. The van der Waals surface area contributed by atoms with Gasteiger partial charge in [-0.15, -0.1) is 0 Å². The van der Waals surface area contributed by atoms with Gasteiger partial charge in [-0.2, -0.15) is 4.31 Å². The van der Waals surface area contributed by atoms with Crippen LogP contribution >= 0.6 is 0 Å². The number of carbonyl (C=O) groups is 1. The SMILES string of the molecule is CC(C)(C)C(=O)N1CCN(S(=O)(=O)C2CCCC2)CC1. The minimum absolute atomic E-state index is 0.107. The zero-order valence-electron chi connectivity index (χ0n) is 12.8. The molecule has 116 valence electrons. The predicted molar refractivity (Wildman–Crippen MR) is 78.8 cm³/mol. The van der Waals surface area contributed by atoms with Gasteiger partial charge in [0.1, 0.15) is 0 Å². The highest BCUT2D eigenvalue weighted by Gasteiger charge is 2.37. The predicted octanol–water partition coefficient (Wildman–Crippen LogP) is 1.45. The van der Waals surface area contributed by atoms with Crippen molar-refractivity contribution in [3.63, 3.8) is 0 Å². The molecule has 1 saturated heterocycles. The first kappa shape index (κ1) is 15.8. The maximum Gasteiger partial charge on any atom is 0.228 e. The molecule has 0 atom stereocenters. The molecule has 0 spiro atoms. The Morgan fingerprint density at radius 1 is 1.00 bits per heavy atom. The van der Waals surface area contributed by atoms with Gasteiger partial charge in [0.25, 0.3) is 0 Å². The van der Waals surface area contributed by atoms with Crippen LogP contribution in [0.25, 0.3) is 0 Å². The summed E-state index contributed by atoms with van der Waals surface area (Å²) in [5, 5.41) is -0.188. The van der Waals surface area contributed by atoms with E-state index < -0.39 is 15.4 Å². The van der Waals surface area contributed by atoms with E-state index in [0.717, 1.165) is 25.7 Å². The molecular formula is C14H26N2O3S. The fourth-order valence-electron chi connectivity index (χ4n) is 3.02. The Labute approximate surface area is 122 Å². The second kappa shape index (κ2) is 5.64. The zero-order valence-corrected chi connectivity index (χ0v) is 13.6. The van der Waals surface area contributed by atoms with Gasteiger partial charge in [-0.1, -0.05) is 33.6 Å². The molecule has 0 aromatic rings. The highest BCUT2D eigenvalue weighted by Crippen LogP contribution is 2.28. The van der Waals surface area contributed by atoms with Gasteiger partial charge in [0.05, 0.1) is 5.25 Å². The van der Waals surface area contributed by atoms with Crippen molar-refractivity contribution in [3.05, 3.63) is 0 Å². The van der Waals surface area contributed by atoms with Crippen molar-refractivity contribution in [2.24, 2.45) is 5.41 Å². The molecule has 5 nitrogen and oxygen atoms in total. The van der Waals surface area contributed by atoms with E-state index >= 15 is 0 Å². The van der Waals surface area contributed by atoms with Gasteiger partial charge in [0, 0.05) is 31.6 Å². The minimum atomic E-state index is -3.15. The second-order valence-electron chi connectivity index (χ2n) is 6.89. The first-order valence-corrected chi connectivity index (χ1v) is 9.01. The van der Waals surface area contributed by atoms with E-state index in [1.165, 1.54) is 0 Å². The third kappa shape index (κ3) is 3.17. The lowest BCUT2D eigenvalue weighted by atomic mass is 9.94. The molecule has 1 amide bonds. The quantitative estimate of drug-likeness (QED) is 0.776. The van der Waals surface area contributed by atoms with Crippen molar-refractivity contribution in [1.82, 2.24) is 9.21 Å². The maximum atomic E-state index is 12.5. The number of nitrogens with zero attached hydrogens (tertiary/aromatic N) is 2. The fraction of sp³-hybridized carbons (Fsp3) is 0.929. The van der Waals surface area contributed by atoms with E-state index in [4.69, 9.17) is 0 Å². The van der Waals surface area contributed by atoms with Crippen molar-refractivity contribution >= 4 is 15.9 Å². The summed E-state index contributed by atoms with van der Waals surface area (Å²) in [5.41, 5.74) is -0.396. The van der Waals surface area contributed by atoms with Crippen molar-refractivity contribution < 1.29 is 13.2 Å². The molecule has 0 aromatic heterocycles. The molecule has 6 heteroatoms. The summed E-state index contributed by atoms with van der Waals surface area (Å²) >= 11 is 0. The normalized spacial score (nSPS) is 23.2. The van der Waals surface area contributed by atoms with E-state index in [-0.39, 0.29) is 11.2 Å². The Bertz CT molecular complexity index is 453. The van der Waals surface area contributed by atoms with E-state index in [1.807, 2.05) is 20.8 Å². The Kier molecular flexibility index (Phi) is 4.44. The summed E-state index contributed by atoms with van der Waals surface area (Å²) < 4.78 is 26.6. The van der Waals surface area contributed by atoms with Crippen LogP contribution in [0.4, 0.5) is 0 Å². The lowest BCUT2D eigenvalue weighted by Gasteiger charge is -2.37. The van der Waals surface area contributed by atoms with Crippen LogP contribution in [0.15, 0.2) is 0 Å². The molecule has 2 fully saturated rings.